The van der Waals surface area contributed by atoms with Crippen molar-refractivity contribution >= 4 is 30.4 Å². The van der Waals surface area contributed by atoms with Gasteiger partial charge in [0.25, 0.3) is 0 Å². The van der Waals surface area contributed by atoms with E-state index in [2.05, 4.69) is 0 Å². The highest BCUT2D eigenvalue weighted by molar-refractivity contribution is 7.50. The van der Waals surface area contributed by atoms with E-state index in [4.69, 9.17) is 0 Å². The van der Waals surface area contributed by atoms with Crippen LogP contribution in [0.5, 0.6) is 0 Å². The van der Waals surface area contributed by atoms with Crippen molar-refractivity contribution in [3.63, 3.8) is 0 Å². The van der Waals surface area contributed by atoms with Gasteiger partial charge in [-0.3, -0.25) is 9.80 Å². The summed E-state index contributed by atoms with van der Waals surface area (Å²) in [6, 6.07) is 0. The summed E-state index contributed by atoms with van der Waals surface area (Å²) in [6.45, 7) is -0.363. The Kier molecular flexibility index (Phi) is 12.0. The maximum absolute atomic E-state index is 10.7. The molecule has 0 heterocycles. The van der Waals surface area contributed by atoms with Crippen LogP contribution in [0.15, 0.2) is 0 Å². The fourth-order valence-corrected chi connectivity index (χ4v) is 5.62. The zero-order valence-corrected chi connectivity index (χ0v) is 18.2. The standard InChI is InChI=1S/C10H28N2O12P4/c13-25(14,15)7-11(8-26(16,17)18)5-3-1-2-4-6-12(9-27(19,20)21)10-28(22,23)24/h1-10H2,(H2,13,14,15)(H2,16,17,18)(H2,19,20,21)(H2,22,23,24)/p-8. The van der Waals surface area contributed by atoms with Crippen molar-refractivity contribution < 1.29 is 57.4 Å². The molecule has 0 aromatic heterocycles. The molecular formula is C10H20N2O12P4-8. The number of unbranched alkanes of at least 4 members (excludes halogenated alkanes) is 3. The van der Waals surface area contributed by atoms with E-state index < -0.39 is 55.5 Å². The molecule has 0 amide bonds. The Labute approximate surface area is 162 Å². The van der Waals surface area contributed by atoms with Gasteiger partial charge in [0.15, 0.2) is 0 Å². The highest BCUT2D eigenvalue weighted by atomic mass is 31.2. The van der Waals surface area contributed by atoms with Gasteiger partial charge in [-0.1, -0.05) is 43.2 Å². The normalized spacial score (nSPS) is 14.2. The van der Waals surface area contributed by atoms with Crippen molar-refractivity contribution in [3.05, 3.63) is 0 Å². The predicted molar refractivity (Wildman–Crippen MR) is 81.8 cm³/mol. The molecule has 28 heavy (non-hydrogen) atoms. The lowest BCUT2D eigenvalue weighted by Gasteiger charge is -2.41. The average molecular weight is 484 g/mol. The third kappa shape index (κ3) is 19.8. The first-order valence-corrected chi connectivity index (χ1v) is 14.8. The Morgan fingerprint density at radius 1 is 0.429 bits per heavy atom. The molecule has 14 nitrogen and oxygen atoms in total. The van der Waals surface area contributed by atoms with E-state index in [0.29, 0.717) is 22.6 Å². The van der Waals surface area contributed by atoms with E-state index in [9.17, 15) is 57.4 Å². The van der Waals surface area contributed by atoms with Crippen molar-refractivity contribution in [3.8, 4) is 0 Å². The molecular weight excluding hydrogens is 464 g/mol. The van der Waals surface area contributed by atoms with Crippen molar-refractivity contribution in [2.75, 3.05) is 38.2 Å². The molecule has 18 heteroatoms. The van der Waals surface area contributed by atoms with Crippen LogP contribution >= 0.6 is 30.4 Å². The smallest absolute Gasteiger partial charge is 0.0264 e. The molecule has 170 valence electrons. The first kappa shape index (κ1) is 28.5. The van der Waals surface area contributed by atoms with Crippen molar-refractivity contribution in [2.24, 2.45) is 0 Å². The lowest BCUT2D eigenvalue weighted by molar-refractivity contribution is -0.321. The Morgan fingerprint density at radius 3 is 0.821 bits per heavy atom. The highest BCUT2D eigenvalue weighted by Gasteiger charge is 2.10. The van der Waals surface area contributed by atoms with Crippen LogP contribution in [-0.4, -0.2) is 48.0 Å². The molecule has 0 aliphatic heterocycles. The summed E-state index contributed by atoms with van der Waals surface area (Å²) < 4.78 is 43.0. The van der Waals surface area contributed by atoms with E-state index in [1.807, 2.05) is 0 Å². The summed E-state index contributed by atoms with van der Waals surface area (Å²) in [7, 11) is -20.3. The zero-order chi connectivity index (χ0) is 22.2. The molecule has 0 fully saturated rings. The fraction of sp³-hybridized carbons (Fsp3) is 1.00. The van der Waals surface area contributed by atoms with Crippen LogP contribution in [0, 0.1) is 0 Å². The van der Waals surface area contributed by atoms with Gasteiger partial charge in [0.1, 0.15) is 0 Å². The summed E-state index contributed by atoms with van der Waals surface area (Å²) in [6.07, 6.45) is -3.48. The van der Waals surface area contributed by atoms with Crippen LogP contribution in [0.25, 0.3) is 0 Å². The summed E-state index contributed by atoms with van der Waals surface area (Å²) in [5.41, 5.74) is 0. The van der Waals surface area contributed by atoms with Crippen LogP contribution in [0.1, 0.15) is 25.7 Å². The van der Waals surface area contributed by atoms with E-state index in [1.165, 1.54) is 0 Å². The fourth-order valence-electron chi connectivity index (χ4n) is 2.38. The second-order valence-corrected chi connectivity index (χ2v) is 12.2. The van der Waals surface area contributed by atoms with Crippen LogP contribution in [0.2, 0.25) is 0 Å². The molecule has 0 saturated carbocycles. The van der Waals surface area contributed by atoms with Gasteiger partial charge >= 0.3 is 0 Å². The topological polar surface area (TPSA) is 259 Å². The highest BCUT2D eigenvalue weighted by Crippen LogP contribution is 2.32. The first-order valence-electron chi connectivity index (χ1n) is 7.85. The number of hydrogen-bond acceptors (Lipinski definition) is 14. The number of hydrogen-bond donors (Lipinski definition) is 0. The second-order valence-electron chi connectivity index (χ2n) is 6.21. The molecule has 0 atom stereocenters. The van der Waals surface area contributed by atoms with Gasteiger partial charge in [0.05, 0.1) is 0 Å². The van der Waals surface area contributed by atoms with Gasteiger partial charge < -0.3 is 57.4 Å². The van der Waals surface area contributed by atoms with Gasteiger partial charge in [0, 0.05) is 25.1 Å². The molecule has 0 aromatic carbocycles. The molecule has 0 saturated heterocycles. The van der Waals surface area contributed by atoms with Crippen LogP contribution < -0.4 is 39.1 Å². The van der Waals surface area contributed by atoms with Gasteiger partial charge in [-0.25, -0.2) is 0 Å². The molecule has 0 aromatic rings. The minimum atomic E-state index is -5.07. The first-order chi connectivity index (χ1) is 12.4. The molecule has 0 aliphatic carbocycles. The van der Waals surface area contributed by atoms with Crippen molar-refractivity contribution in [1.82, 2.24) is 9.80 Å². The minimum absolute atomic E-state index is 0.181. The van der Waals surface area contributed by atoms with Crippen molar-refractivity contribution in [1.29, 1.82) is 0 Å². The van der Waals surface area contributed by atoms with E-state index in [-0.39, 0.29) is 25.9 Å². The van der Waals surface area contributed by atoms with E-state index >= 15 is 0 Å². The lowest BCUT2D eigenvalue weighted by atomic mass is 10.2. The Balaban J connectivity index is 4.41. The Bertz CT molecular complexity index is 547. The minimum Gasteiger partial charge on any atom is -0.810 e. The summed E-state index contributed by atoms with van der Waals surface area (Å²) in [5.74, 6) is 0. The summed E-state index contributed by atoms with van der Waals surface area (Å²) in [4.78, 5) is 87.4. The molecule has 0 aliphatic rings. The van der Waals surface area contributed by atoms with Gasteiger partial charge in [-0.05, 0) is 25.9 Å². The Hall–Kier alpha value is 0.520. The SMILES string of the molecule is O=P([O-])([O-])CN(CCCCCCN(CP(=O)([O-])[O-])CP(=O)([O-])[O-])CP(=O)([O-])[O-]. The summed E-state index contributed by atoms with van der Waals surface area (Å²) in [5, 5.41) is 0. The molecule has 0 radical (unpaired) electrons. The van der Waals surface area contributed by atoms with Crippen molar-refractivity contribution in [2.45, 2.75) is 25.7 Å². The van der Waals surface area contributed by atoms with Gasteiger partial charge in [-0.2, -0.15) is 0 Å². The quantitative estimate of drug-likeness (QED) is 0.155. The Morgan fingerprint density at radius 2 is 0.643 bits per heavy atom. The maximum atomic E-state index is 10.7. The third-order valence-corrected chi connectivity index (χ3v) is 6.18. The summed E-state index contributed by atoms with van der Waals surface area (Å²) >= 11 is 0. The second kappa shape index (κ2) is 11.8. The molecule has 0 bridgehead atoms. The van der Waals surface area contributed by atoms with Crippen LogP contribution in [0.4, 0.5) is 0 Å². The van der Waals surface area contributed by atoms with Gasteiger partial charge in [0.2, 0.25) is 0 Å². The third-order valence-electron chi connectivity index (χ3n) is 3.19. The monoisotopic (exact) mass is 484 g/mol. The average Bonchev–Trinajstić information content (AvgIpc) is 2.34. The van der Waals surface area contributed by atoms with Crippen LogP contribution in [-0.2, 0) is 18.3 Å². The zero-order valence-electron chi connectivity index (χ0n) is 14.7. The maximum Gasteiger partial charge on any atom is 0.0264 e. The number of nitrogens with zero attached hydrogens (tertiary/aromatic N) is 2. The molecule has 0 rings (SSSR count). The molecule has 0 spiro atoms. The lowest BCUT2D eigenvalue weighted by Crippen LogP contribution is -2.37. The van der Waals surface area contributed by atoms with Gasteiger partial charge in [-0.15, -0.1) is 0 Å². The predicted octanol–water partition coefficient (Wildman–Crippen LogP) is -5.36. The van der Waals surface area contributed by atoms with Crippen LogP contribution in [0.3, 0.4) is 0 Å². The number of rotatable bonds is 15. The largest absolute Gasteiger partial charge is 0.810 e. The van der Waals surface area contributed by atoms with E-state index in [1.54, 1.807) is 0 Å². The molecule has 0 unspecified atom stereocenters. The van der Waals surface area contributed by atoms with E-state index in [0.717, 1.165) is 0 Å². The molecule has 0 N–H and O–H groups in total.